The van der Waals surface area contributed by atoms with Gasteiger partial charge >= 0.3 is 0 Å². The molecule has 0 saturated carbocycles. The minimum atomic E-state index is 0.603. The van der Waals surface area contributed by atoms with E-state index in [1.807, 2.05) is 36.4 Å². The van der Waals surface area contributed by atoms with Gasteiger partial charge in [0.15, 0.2) is 0 Å². The molecule has 62 valence electrons. The highest BCUT2D eigenvalue weighted by molar-refractivity contribution is 5.51. The van der Waals surface area contributed by atoms with Crippen molar-refractivity contribution < 1.29 is 0 Å². The lowest BCUT2D eigenvalue weighted by atomic mass is 10.1. The fourth-order valence-corrected chi connectivity index (χ4v) is 0.944. The van der Waals surface area contributed by atoms with Crippen molar-refractivity contribution in [3.05, 3.63) is 54.1 Å². The fourth-order valence-electron chi connectivity index (χ4n) is 0.944. The highest BCUT2D eigenvalue weighted by Crippen LogP contribution is 2.05. The van der Waals surface area contributed by atoms with Crippen molar-refractivity contribution in [3.8, 4) is 0 Å². The molecule has 1 heteroatoms. The largest absolute Gasteiger partial charge is 0.326 e. The molecule has 0 heterocycles. The lowest BCUT2D eigenvalue weighted by molar-refractivity contribution is 1.07. The van der Waals surface area contributed by atoms with Crippen molar-refractivity contribution in [3.63, 3.8) is 0 Å². The zero-order chi connectivity index (χ0) is 8.81. The second kappa shape index (κ2) is 4.52. The molecule has 1 aromatic carbocycles. The van der Waals surface area contributed by atoms with Gasteiger partial charge in [-0.3, -0.25) is 0 Å². The van der Waals surface area contributed by atoms with Crippen LogP contribution >= 0.6 is 0 Å². The van der Waals surface area contributed by atoms with Crippen molar-refractivity contribution in [2.45, 2.75) is 6.54 Å². The van der Waals surface area contributed by atoms with Crippen molar-refractivity contribution in [2.75, 3.05) is 0 Å². The van der Waals surface area contributed by atoms with Crippen LogP contribution in [0.5, 0.6) is 0 Å². The van der Waals surface area contributed by atoms with Crippen LogP contribution in [0.15, 0.2) is 43.0 Å². The topological polar surface area (TPSA) is 26.0 Å². The van der Waals surface area contributed by atoms with E-state index < -0.39 is 0 Å². The molecule has 2 N–H and O–H groups in total. The zero-order valence-electron chi connectivity index (χ0n) is 7.03. The molecule has 0 atom stereocenters. The summed E-state index contributed by atoms with van der Waals surface area (Å²) in [5.74, 6) is 0. The van der Waals surface area contributed by atoms with Gasteiger partial charge < -0.3 is 5.73 Å². The van der Waals surface area contributed by atoms with Crippen molar-refractivity contribution in [1.82, 2.24) is 0 Å². The van der Waals surface area contributed by atoms with Crippen LogP contribution in [0.2, 0.25) is 0 Å². The van der Waals surface area contributed by atoms with Gasteiger partial charge in [0, 0.05) is 6.54 Å². The molecule has 1 rings (SSSR count). The summed E-state index contributed by atoms with van der Waals surface area (Å²) in [6, 6.07) is 8.15. The Labute approximate surface area is 73.2 Å². The Kier molecular flexibility index (Phi) is 3.30. The first-order chi connectivity index (χ1) is 5.86. The third kappa shape index (κ3) is 2.36. The van der Waals surface area contributed by atoms with Crippen LogP contribution in [0.3, 0.4) is 0 Å². The van der Waals surface area contributed by atoms with Gasteiger partial charge in [-0.1, -0.05) is 49.1 Å². The van der Waals surface area contributed by atoms with E-state index in [1.54, 1.807) is 6.08 Å². The molecule has 0 amide bonds. The predicted molar refractivity (Wildman–Crippen MR) is 53.6 cm³/mol. The first kappa shape index (κ1) is 8.75. The maximum atomic E-state index is 5.47. The smallest absolute Gasteiger partial charge is 0.0178 e. The monoisotopic (exact) mass is 159 g/mol. The molecule has 0 aliphatic carbocycles. The lowest BCUT2D eigenvalue weighted by Crippen LogP contribution is -1.94. The Bertz CT molecular complexity index is 270. The SMILES string of the molecule is C=CC=Cc1ccc(CN)cc1. The van der Waals surface area contributed by atoms with Gasteiger partial charge in [0.1, 0.15) is 0 Å². The summed E-state index contributed by atoms with van der Waals surface area (Å²) in [4.78, 5) is 0. The van der Waals surface area contributed by atoms with E-state index >= 15 is 0 Å². The molecule has 0 spiro atoms. The molecule has 1 aromatic rings. The maximum Gasteiger partial charge on any atom is 0.0178 e. The predicted octanol–water partition coefficient (Wildman–Crippen LogP) is 2.34. The molecule has 0 fully saturated rings. The van der Waals surface area contributed by atoms with E-state index in [4.69, 9.17) is 5.73 Å². The number of hydrogen-bond acceptors (Lipinski definition) is 1. The van der Waals surface area contributed by atoms with Crippen LogP contribution in [0, 0.1) is 0 Å². The molecule has 0 unspecified atom stereocenters. The molecular formula is C11H13N. The van der Waals surface area contributed by atoms with Crippen LogP contribution in [0.4, 0.5) is 0 Å². The average Bonchev–Trinajstić information content (AvgIpc) is 2.15. The normalized spacial score (nSPS) is 10.4. The summed E-state index contributed by atoms with van der Waals surface area (Å²) < 4.78 is 0. The average molecular weight is 159 g/mol. The summed E-state index contributed by atoms with van der Waals surface area (Å²) in [5, 5.41) is 0. The maximum absolute atomic E-state index is 5.47. The number of benzene rings is 1. The fraction of sp³-hybridized carbons (Fsp3) is 0.0909. The summed E-state index contributed by atoms with van der Waals surface area (Å²) in [6.45, 7) is 4.21. The lowest BCUT2D eigenvalue weighted by Gasteiger charge is -1.96. The van der Waals surface area contributed by atoms with Gasteiger partial charge in [-0.05, 0) is 11.1 Å². The quantitative estimate of drug-likeness (QED) is 0.673. The van der Waals surface area contributed by atoms with E-state index in [0.29, 0.717) is 6.54 Å². The summed E-state index contributed by atoms with van der Waals surface area (Å²) >= 11 is 0. The van der Waals surface area contributed by atoms with Gasteiger partial charge in [-0.15, -0.1) is 0 Å². The second-order valence-electron chi connectivity index (χ2n) is 2.54. The van der Waals surface area contributed by atoms with E-state index in [1.165, 1.54) is 5.56 Å². The van der Waals surface area contributed by atoms with Gasteiger partial charge in [-0.25, -0.2) is 0 Å². The van der Waals surface area contributed by atoms with Gasteiger partial charge in [0.2, 0.25) is 0 Å². The van der Waals surface area contributed by atoms with Crippen molar-refractivity contribution >= 4 is 6.08 Å². The van der Waals surface area contributed by atoms with Crippen LogP contribution in [-0.4, -0.2) is 0 Å². The third-order valence-electron chi connectivity index (χ3n) is 1.64. The zero-order valence-corrected chi connectivity index (χ0v) is 7.03. The van der Waals surface area contributed by atoms with E-state index in [9.17, 15) is 0 Å². The van der Waals surface area contributed by atoms with Crippen molar-refractivity contribution in [2.24, 2.45) is 5.73 Å². The summed E-state index contributed by atoms with van der Waals surface area (Å²) in [7, 11) is 0. The molecule has 0 aliphatic heterocycles. The highest BCUT2D eigenvalue weighted by atomic mass is 14.5. The molecule has 0 aromatic heterocycles. The molecular weight excluding hydrogens is 146 g/mol. The number of hydrogen-bond donors (Lipinski definition) is 1. The third-order valence-corrected chi connectivity index (χ3v) is 1.64. The van der Waals surface area contributed by atoms with Crippen LogP contribution in [0.25, 0.3) is 6.08 Å². The molecule has 12 heavy (non-hydrogen) atoms. The Hall–Kier alpha value is -1.34. The van der Waals surface area contributed by atoms with Crippen LogP contribution in [-0.2, 0) is 6.54 Å². The molecule has 0 radical (unpaired) electrons. The number of nitrogens with two attached hydrogens (primary N) is 1. The Morgan fingerprint density at radius 3 is 2.42 bits per heavy atom. The first-order valence-corrected chi connectivity index (χ1v) is 3.95. The second-order valence-corrected chi connectivity index (χ2v) is 2.54. The van der Waals surface area contributed by atoms with Gasteiger partial charge in [-0.2, -0.15) is 0 Å². The molecule has 1 nitrogen and oxygen atoms in total. The molecule has 0 saturated heterocycles. The number of allylic oxidation sites excluding steroid dienone is 2. The molecule has 0 aliphatic rings. The first-order valence-electron chi connectivity index (χ1n) is 3.95. The number of rotatable bonds is 3. The Morgan fingerprint density at radius 1 is 1.25 bits per heavy atom. The van der Waals surface area contributed by atoms with Gasteiger partial charge in [0.05, 0.1) is 0 Å². The van der Waals surface area contributed by atoms with Crippen molar-refractivity contribution in [1.29, 1.82) is 0 Å². The Morgan fingerprint density at radius 2 is 1.92 bits per heavy atom. The van der Waals surface area contributed by atoms with E-state index in [2.05, 4.69) is 6.58 Å². The molecule has 0 bridgehead atoms. The van der Waals surface area contributed by atoms with E-state index in [0.717, 1.165) is 5.56 Å². The van der Waals surface area contributed by atoms with Gasteiger partial charge in [0.25, 0.3) is 0 Å². The minimum Gasteiger partial charge on any atom is -0.326 e. The summed E-state index contributed by atoms with van der Waals surface area (Å²) in [5.41, 5.74) is 7.80. The minimum absolute atomic E-state index is 0.603. The summed E-state index contributed by atoms with van der Waals surface area (Å²) in [6.07, 6.45) is 5.68. The highest BCUT2D eigenvalue weighted by Gasteiger charge is 1.87. The standard InChI is InChI=1S/C11H13N/c1-2-3-4-10-5-7-11(9-12)8-6-10/h2-8H,1,9,12H2. The van der Waals surface area contributed by atoms with Crippen LogP contribution < -0.4 is 5.73 Å². The Balaban J connectivity index is 2.77. The van der Waals surface area contributed by atoms with Crippen LogP contribution in [0.1, 0.15) is 11.1 Å². The van der Waals surface area contributed by atoms with E-state index in [-0.39, 0.29) is 0 Å².